The van der Waals surface area contributed by atoms with Crippen molar-refractivity contribution in [2.24, 2.45) is 0 Å². The number of quaternary nitrogens is 1. The van der Waals surface area contributed by atoms with E-state index < -0.39 is 18.5 Å². The fourth-order valence-electron chi connectivity index (χ4n) is 4.18. The summed E-state index contributed by atoms with van der Waals surface area (Å²) in [5.41, 5.74) is 0. The van der Waals surface area contributed by atoms with E-state index in [1.54, 1.807) is 0 Å². The fourth-order valence-corrected chi connectivity index (χ4v) is 5.84. The highest BCUT2D eigenvalue weighted by Gasteiger charge is 2.10. The maximum absolute atomic E-state index is 11.8. The van der Waals surface area contributed by atoms with Crippen molar-refractivity contribution in [2.75, 3.05) is 45.8 Å². The number of nitrogens with zero attached hydrogens (tertiary/aromatic N) is 1. The van der Waals surface area contributed by atoms with Crippen LogP contribution in [0, 0.1) is 0 Å². The number of hydrogen-bond acceptors (Lipinski definition) is 6. The van der Waals surface area contributed by atoms with Gasteiger partial charge < -0.3 is 19.6 Å². The van der Waals surface area contributed by atoms with Crippen LogP contribution in [-0.2, 0) is 18.9 Å². The van der Waals surface area contributed by atoms with Crippen LogP contribution in [0.1, 0.15) is 123 Å². The van der Waals surface area contributed by atoms with Gasteiger partial charge in [0.1, 0.15) is 22.5 Å². The SMILES string of the molecule is CC(O)C[N+](C)(C)C.CCCCCCCCCCCCCCCCCCS(=O)(=O)CCCO[PH2]=O.[OH-]. The van der Waals surface area contributed by atoms with Crippen LogP contribution in [0.15, 0.2) is 0 Å². The molecule has 36 heavy (non-hydrogen) atoms. The Bertz CT molecular complexity index is 553. The minimum atomic E-state index is -2.95. The Labute approximate surface area is 225 Å². The number of sulfone groups is 1. The van der Waals surface area contributed by atoms with Gasteiger partial charge in [-0.05, 0) is 19.8 Å². The van der Waals surface area contributed by atoms with E-state index in [2.05, 4.69) is 28.1 Å². The van der Waals surface area contributed by atoms with Crippen LogP contribution >= 0.6 is 8.69 Å². The molecule has 0 saturated carbocycles. The molecule has 0 aromatic heterocycles. The Hall–Kier alpha value is 0.0200. The number of rotatable bonds is 24. The fraction of sp³-hybridized carbons (Fsp3) is 1.00. The van der Waals surface area contributed by atoms with E-state index in [1.807, 2.05) is 6.92 Å². The smallest absolute Gasteiger partial charge is 0.179 e. The average Bonchev–Trinajstić information content (AvgIpc) is 2.75. The summed E-state index contributed by atoms with van der Waals surface area (Å²) in [7, 11) is 2.02. The molecule has 0 aliphatic rings. The van der Waals surface area contributed by atoms with Gasteiger partial charge in [-0.25, -0.2) is 8.42 Å². The van der Waals surface area contributed by atoms with E-state index in [0.717, 1.165) is 30.3 Å². The van der Waals surface area contributed by atoms with Crippen molar-refractivity contribution in [3.63, 3.8) is 0 Å². The number of aliphatic hydroxyl groups excluding tert-OH is 1. The summed E-state index contributed by atoms with van der Waals surface area (Å²) in [5.74, 6) is 0.445. The standard InChI is InChI=1S/C21H45O4PS.C6H16NO.H2O/c1-2-3-4-5-6-7-8-9-10-11-12-13-14-15-16-17-20-27(23,24)21-18-19-25-26-22;1-6(8)5-7(2,3)4;/h2-21,26H2,1H3;6,8H,5H2,1-4H3;1H2/q;+1;/p-1. The number of aliphatic hydroxyl groups is 1. The molecule has 0 fully saturated rings. The van der Waals surface area contributed by atoms with Gasteiger partial charge in [0.05, 0.1) is 39.3 Å². The van der Waals surface area contributed by atoms with Crippen LogP contribution in [0.25, 0.3) is 0 Å². The Balaban J connectivity index is -0.00000104. The van der Waals surface area contributed by atoms with E-state index in [4.69, 9.17) is 9.63 Å². The van der Waals surface area contributed by atoms with E-state index in [9.17, 15) is 13.0 Å². The van der Waals surface area contributed by atoms with E-state index in [-0.39, 0.29) is 29.7 Å². The molecule has 0 saturated heterocycles. The van der Waals surface area contributed by atoms with Gasteiger partial charge in [-0.3, -0.25) is 4.57 Å². The van der Waals surface area contributed by atoms with Gasteiger partial charge in [0, 0.05) is 0 Å². The van der Waals surface area contributed by atoms with E-state index in [0.29, 0.717) is 6.42 Å². The second-order valence-corrected chi connectivity index (χ2v) is 13.9. The van der Waals surface area contributed by atoms with Gasteiger partial charge in [-0.2, -0.15) is 0 Å². The zero-order valence-corrected chi connectivity index (χ0v) is 26.4. The first-order valence-electron chi connectivity index (χ1n) is 14.3. The highest BCUT2D eigenvalue weighted by Crippen LogP contribution is 2.14. The van der Waals surface area contributed by atoms with Gasteiger partial charge in [-0.1, -0.05) is 103 Å². The molecule has 0 amide bonds. The van der Waals surface area contributed by atoms with Gasteiger partial charge in [-0.15, -0.1) is 0 Å². The lowest BCUT2D eigenvalue weighted by Crippen LogP contribution is -2.40. The predicted molar refractivity (Wildman–Crippen MR) is 156 cm³/mol. The lowest BCUT2D eigenvalue weighted by Gasteiger charge is -2.24. The van der Waals surface area contributed by atoms with Crippen molar-refractivity contribution in [3.05, 3.63) is 0 Å². The van der Waals surface area contributed by atoms with Crippen LogP contribution < -0.4 is 0 Å². The average molecular weight is 560 g/mol. The predicted octanol–water partition coefficient (Wildman–Crippen LogP) is 6.64. The molecule has 0 heterocycles. The summed E-state index contributed by atoms with van der Waals surface area (Å²) in [6.45, 7) is 5.18. The van der Waals surface area contributed by atoms with Gasteiger partial charge in [0.15, 0.2) is 8.69 Å². The molecule has 0 aromatic rings. The lowest BCUT2D eigenvalue weighted by molar-refractivity contribution is -0.873. The zero-order valence-electron chi connectivity index (χ0n) is 24.4. The third-order valence-electron chi connectivity index (χ3n) is 5.91. The second kappa shape index (κ2) is 28.0. The van der Waals surface area contributed by atoms with E-state index in [1.165, 1.54) is 83.5 Å². The Morgan fingerprint density at radius 3 is 1.39 bits per heavy atom. The summed E-state index contributed by atoms with van der Waals surface area (Å²) in [6.07, 6.45) is 21.0. The summed E-state index contributed by atoms with van der Waals surface area (Å²) in [4.78, 5) is 0. The van der Waals surface area contributed by atoms with Gasteiger partial charge >= 0.3 is 0 Å². The molecule has 9 heteroatoms. The van der Waals surface area contributed by atoms with Crippen molar-refractivity contribution in [1.82, 2.24) is 0 Å². The molecule has 0 aliphatic heterocycles. The molecule has 0 spiro atoms. The topological polar surface area (TPSA) is 111 Å². The van der Waals surface area contributed by atoms with Crippen molar-refractivity contribution >= 4 is 18.5 Å². The third-order valence-corrected chi connectivity index (χ3v) is 8.10. The molecule has 0 bridgehead atoms. The monoisotopic (exact) mass is 559 g/mol. The molecule has 7 nitrogen and oxygen atoms in total. The normalized spacial score (nSPS) is 12.8. The summed E-state index contributed by atoms with van der Waals surface area (Å²) in [6, 6.07) is 0. The second-order valence-electron chi connectivity index (χ2n) is 11.1. The summed E-state index contributed by atoms with van der Waals surface area (Å²) in [5, 5.41) is 8.87. The largest absolute Gasteiger partial charge is 0.870 e. The van der Waals surface area contributed by atoms with Crippen LogP contribution in [0.4, 0.5) is 0 Å². The highest BCUT2D eigenvalue weighted by atomic mass is 32.2. The molecule has 222 valence electrons. The van der Waals surface area contributed by atoms with Crippen molar-refractivity contribution in [2.45, 2.75) is 129 Å². The van der Waals surface area contributed by atoms with Crippen molar-refractivity contribution in [3.8, 4) is 0 Å². The maximum atomic E-state index is 11.8. The Kier molecular flexibility index (Phi) is 31.6. The number of unbranched alkanes of at least 4 members (excludes halogenated alkanes) is 15. The van der Waals surface area contributed by atoms with Crippen molar-refractivity contribution in [1.29, 1.82) is 0 Å². The summed E-state index contributed by atoms with van der Waals surface area (Å²) >= 11 is 0. The maximum Gasteiger partial charge on any atom is 0.179 e. The van der Waals surface area contributed by atoms with E-state index >= 15 is 0 Å². The molecule has 0 radical (unpaired) electrons. The quantitative estimate of drug-likeness (QED) is 0.0806. The molecule has 0 aliphatic carbocycles. The third kappa shape index (κ3) is 38.5. The summed E-state index contributed by atoms with van der Waals surface area (Å²) < 4.78 is 39.4. The molecular weight excluding hydrogens is 497 g/mol. The minimum absolute atomic E-state index is 0. The van der Waals surface area contributed by atoms with Crippen molar-refractivity contribution < 1.29 is 32.6 Å². The lowest BCUT2D eigenvalue weighted by atomic mass is 10.0. The first-order valence-corrected chi connectivity index (χ1v) is 17.0. The van der Waals surface area contributed by atoms with Crippen LogP contribution in [0.5, 0.6) is 0 Å². The Morgan fingerprint density at radius 1 is 0.722 bits per heavy atom. The number of likely N-dealkylation sites (N-methyl/N-ethyl adjacent to an activating group) is 1. The molecule has 0 rings (SSSR count). The molecule has 2 N–H and O–H groups in total. The molecule has 2 atom stereocenters. The van der Waals surface area contributed by atoms with Gasteiger partial charge in [0.25, 0.3) is 0 Å². The molecule has 0 aromatic carbocycles. The minimum Gasteiger partial charge on any atom is -0.870 e. The first-order chi connectivity index (χ1) is 16.5. The van der Waals surface area contributed by atoms with Crippen LogP contribution in [0.3, 0.4) is 0 Å². The van der Waals surface area contributed by atoms with Crippen LogP contribution in [0.2, 0.25) is 0 Å². The van der Waals surface area contributed by atoms with Gasteiger partial charge in [0.2, 0.25) is 0 Å². The highest BCUT2D eigenvalue weighted by molar-refractivity contribution is 7.91. The van der Waals surface area contributed by atoms with Crippen LogP contribution in [-0.4, -0.2) is 75.4 Å². The molecular formula is C27H62NO6PS. The first kappa shape index (κ1) is 40.5. The Morgan fingerprint density at radius 2 is 1.08 bits per heavy atom. The zero-order chi connectivity index (χ0) is 26.8. The molecule has 2 unspecified atom stereocenters. The number of hydrogen-bond donors (Lipinski definition) is 1.